The van der Waals surface area contributed by atoms with E-state index in [0.717, 1.165) is 38.5 Å². The number of phosphoric ester groups is 1. The number of ether oxygens (including phenoxy) is 1. The van der Waals surface area contributed by atoms with Gasteiger partial charge < -0.3 is 25.2 Å². The summed E-state index contributed by atoms with van der Waals surface area (Å²) < 4.78 is 26.0. The lowest BCUT2D eigenvalue weighted by molar-refractivity contribution is -0.147. The van der Waals surface area contributed by atoms with E-state index in [1.54, 1.807) is 0 Å². The quantitative estimate of drug-likeness (QED) is 0.115. The van der Waals surface area contributed by atoms with E-state index < -0.39 is 57.6 Å². The number of aliphatic hydroxyl groups is 1. The van der Waals surface area contributed by atoms with Crippen molar-refractivity contribution in [3.8, 4) is 0 Å². The molecule has 0 radical (unpaired) electrons. The van der Waals surface area contributed by atoms with Gasteiger partial charge in [-0.2, -0.15) is 0 Å². The van der Waals surface area contributed by atoms with Crippen molar-refractivity contribution in [1.29, 1.82) is 0 Å². The number of amides is 1. The van der Waals surface area contributed by atoms with Crippen LogP contribution in [0.15, 0.2) is 0 Å². The van der Waals surface area contributed by atoms with E-state index in [1.807, 2.05) is 6.92 Å². The van der Waals surface area contributed by atoms with Crippen LogP contribution in [0, 0.1) is 0 Å². The topological polar surface area (TPSA) is 169 Å². The van der Waals surface area contributed by atoms with Gasteiger partial charge in [0.15, 0.2) is 6.04 Å². The van der Waals surface area contributed by atoms with E-state index in [9.17, 15) is 28.9 Å². The third-order valence-electron chi connectivity index (χ3n) is 4.40. The molecule has 0 aliphatic carbocycles. The van der Waals surface area contributed by atoms with E-state index in [4.69, 9.17) is 9.84 Å². The average Bonchev–Trinajstić information content (AvgIpc) is 2.73. The van der Waals surface area contributed by atoms with Crippen molar-refractivity contribution >= 4 is 25.7 Å². The third kappa shape index (κ3) is 17.1. The smallest absolute Gasteiger partial charge is 0.472 e. The van der Waals surface area contributed by atoms with Gasteiger partial charge in [0, 0.05) is 12.8 Å². The fraction of sp³-hybridized carbons (Fsp3) is 0.850. The molecule has 0 aromatic rings. The molecule has 0 aliphatic heterocycles. The second kappa shape index (κ2) is 18.0. The van der Waals surface area contributed by atoms with Crippen LogP contribution >= 0.6 is 7.82 Å². The molecular weight excluding hydrogens is 445 g/mol. The number of carboxylic acids is 1. The molecule has 188 valence electrons. The lowest BCUT2D eigenvalue weighted by atomic mass is 10.1. The Balaban J connectivity index is 4.21. The summed E-state index contributed by atoms with van der Waals surface area (Å²) >= 11 is 0. The Kier molecular flexibility index (Phi) is 17.1. The van der Waals surface area contributed by atoms with E-state index in [-0.39, 0.29) is 12.8 Å². The first kappa shape index (κ1) is 30.5. The van der Waals surface area contributed by atoms with Crippen LogP contribution in [0.2, 0.25) is 0 Å². The number of phosphoric acid groups is 1. The van der Waals surface area contributed by atoms with Gasteiger partial charge >= 0.3 is 19.8 Å². The highest BCUT2D eigenvalue weighted by Crippen LogP contribution is 2.43. The molecule has 0 fully saturated rings. The first-order chi connectivity index (χ1) is 15.1. The molecule has 0 bridgehead atoms. The number of nitrogens with one attached hydrogen (secondary N) is 1. The second-order valence-electron chi connectivity index (χ2n) is 7.48. The van der Waals surface area contributed by atoms with E-state index in [0.29, 0.717) is 12.8 Å². The van der Waals surface area contributed by atoms with E-state index in [2.05, 4.69) is 21.3 Å². The Morgan fingerprint density at radius 1 is 0.875 bits per heavy atom. The lowest BCUT2D eigenvalue weighted by Crippen LogP contribution is -2.43. The molecular formula is C20H38NO10P. The van der Waals surface area contributed by atoms with E-state index >= 15 is 0 Å². The molecule has 3 atom stereocenters. The summed E-state index contributed by atoms with van der Waals surface area (Å²) in [5.41, 5.74) is 0. The number of carbonyl (C=O) groups is 3. The number of aliphatic carboxylic acids is 1. The molecule has 0 spiro atoms. The van der Waals surface area contributed by atoms with Crippen molar-refractivity contribution in [3.05, 3.63) is 0 Å². The number of hydrogen-bond donors (Lipinski definition) is 4. The maximum Gasteiger partial charge on any atom is 0.472 e. The van der Waals surface area contributed by atoms with Gasteiger partial charge in [-0.15, -0.1) is 0 Å². The SMILES string of the molecule is CCCCCCCC(=O)OCC(O)COP(=O)(O)OCC(NC(=O)CCCCC)C(=O)O. The largest absolute Gasteiger partial charge is 0.480 e. The first-order valence-corrected chi connectivity index (χ1v) is 12.6. The Labute approximate surface area is 189 Å². The van der Waals surface area contributed by atoms with Gasteiger partial charge in [0.25, 0.3) is 0 Å². The highest BCUT2D eigenvalue weighted by atomic mass is 31.2. The Bertz CT molecular complexity index is 601. The number of rotatable bonds is 20. The van der Waals surface area contributed by atoms with Gasteiger partial charge in [-0.25, -0.2) is 9.36 Å². The minimum Gasteiger partial charge on any atom is -0.480 e. The van der Waals surface area contributed by atoms with Gasteiger partial charge in [0.1, 0.15) is 12.7 Å². The highest BCUT2D eigenvalue weighted by molar-refractivity contribution is 7.47. The molecule has 0 aromatic heterocycles. The van der Waals surface area contributed by atoms with Gasteiger partial charge in [0.05, 0.1) is 13.2 Å². The molecule has 0 heterocycles. The zero-order chi connectivity index (χ0) is 24.4. The molecule has 0 aromatic carbocycles. The summed E-state index contributed by atoms with van der Waals surface area (Å²) in [5.74, 6) is -2.43. The third-order valence-corrected chi connectivity index (χ3v) is 5.35. The molecule has 32 heavy (non-hydrogen) atoms. The number of carboxylic acid groups (broad SMARTS) is 1. The molecule has 0 rings (SSSR count). The fourth-order valence-electron chi connectivity index (χ4n) is 2.55. The lowest BCUT2D eigenvalue weighted by Gasteiger charge is -2.18. The van der Waals surface area contributed by atoms with Crippen molar-refractivity contribution in [2.45, 2.75) is 90.2 Å². The maximum absolute atomic E-state index is 11.9. The van der Waals surface area contributed by atoms with Crippen LogP contribution in [0.25, 0.3) is 0 Å². The number of esters is 1. The average molecular weight is 483 g/mol. The standard InChI is InChI=1S/C20H38NO10P/c1-3-5-7-8-10-12-19(24)29-13-16(22)14-30-32(27,28)31-15-17(20(25)26)21-18(23)11-9-6-4-2/h16-17,22H,3-15H2,1-2H3,(H,21,23)(H,25,26)(H,27,28). The maximum atomic E-state index is 11.9. The number of hydrogen-bond acceptors (Lipinski definition) is 8. The molecule has 12 heteroatoms. The van der Waals surface area contributed by atoms with Crippen molar-refractivity contribution < 1.29 is 47.8 Å². The van der Waals surface area contributed by atoms with Gasteiger partial charge in [0.2, 0.25) is 5.91 Å². The second-order valence-corrected chi connectivity index (χ2v) is 8.93. The molecule has 4 N–H and O–H groups in total. The number of aliphatic hydroxyl groups excluding tert-OH is 1. The summed E-state index contributed by atoms with van der Waals surface area (Å²) in [6, 6.07) is -1.53. The number of unbranched alkanes of at least 4 members (excludes halogenated alkanes) is 6. The summed E-state index contributed by atoms with van der Waals surface area (Å²) in [6.45, 7) is 2.16. The monoisotopic (exact) mass is 483 g/mol. The minimum atomic E-state index is -4.70. The molecule has 0 aliphatic rings. The Morgan fingerprint density at radius 3 is 2.06 bits per heavy atom. The summed E-state index contributed by atoms with van der Waals surface area (Å²) in [5, 5.41) is 21.1. The Hall–Kier alpha value is -1.52. The molecule has 1 amide bonds. The molecule has 0 saturated carbocycles. The summed E-state index contributed by atoms with van der Waals surface area (Å²) in [7, 11) is -4.70. The molecule has 0 saturated heterocycles. The van der Waals surface area contributed by atoms with Crippen LogP contribution in [0.1, 0.15) is 78.1 Å². The van der Waals surface area contributed by atoms with Crippen molar-refractivity contribution in [1.82, 2.24) is 5.32 Å². The molecule has 11 nitrogen and oxygen atoms in total. The predicted molar refractivity (Wildman–Crippen MR) is 116 cm³/mol. The van der Waals surface area contributed by atoms with Crippen LogP contribution in [0.4, 0.5) is 0 Å². The van der Waals surface area contributed by atoms with Crippen LogP contribution in [0.5, 0.6) is 0 Å². The van der Waals surface area contributed by atoms with Gasteiger partial charge in [-0.05, 0) is 12.8 Å². The van der Waals surface area contributed by atoms with Crippen molar-refractivity contribution in [2.24, 2.45) is 0 Å². The normalized spacial score (nSPS) is 14.9. The Morgan fingerprint density at radius 2 is 1.44 bits per heavy atom. The highest BCUT2D eigenvalue weighted by Gasteiger charge is 2.28. The fourth-order valence-corrected chi connectivity index (χ4v) is 3.32. The summed E-state index contributed by atoms with van der Waals surface area (Å²) in [6.07, 6.45) is 6.14. The van der Waals surface area contributed by atoms with Crippen molar-refractivity contribution in [3.63, 3.8) is 0 Å². The predicted octanol–water partition coefficient (Wildman–Crippen LogP) is 2.53. The first-order valence-electron chi connectivity index (χ1n) is 11.1. The van der Waals surface area contributed by atoms with E-state index in [1.165, 1.54) is 0 Å². The van der Waals surface area contributed by atoms with Gasteiger partial charge in [-0.1, -0.05) is 52.4 Å². The van der Waals surface area contributed by atoms with Crippen LogP contribution in [-0.2, 0) is 32.7 Å². The van der Waals surface area contributed by atoms with Crippen molar-refractivity contribution in [2.75, 3.05) is 19.8 Å². The van der Waals surface area contributed by atoms with Gasteiger partial charge in [-0.3, -0.25) is 18.6 Å². The minimum absolute atomic E-state index is 0.133. The summed E-state index contributed by atoms with van der Waals surface area (Å²) in [4.78, 5) is 44.2. The van der Waals surface area contributed by atoms with Crippen LogP contribution in [0.3, 0.4) is 0 Å². The zero-order valence-electron chi connectivity index (χ0n) is 19.0. The molecule has 3 unspecified atom stereocenters. The zero-order valence-corrected chi connectivity index (χ0v) is 19.9. The van der Waals surface area contributed by atoms with Crippen LogP contribution < -0.4 is 5.32 Å². The van der Waals surface area contributed by atoms with Crippen LogP contribution in [-0.4, -0.2) is 64.9 Å². The number of carbonyl (C=O) groups excluding carboxylic acids is 2.